The van der Waals surface area contributed by atoms with Crippen LogP contribution in [0, 0.1) is 0 Å². The van der Waals surface area contributed by atoms with Gasteiger partial charge in [-0.15, -0.1) is 0 Å². The van der Waals surface area contributed by atoms with Gasteiger partial charge in [0, 0.05) is 19.6 Å². The molecule has 0 amide bonds. The van der Waals surface area contributed by atoms with Gasteiger partial charge in [0.15, 0.2) is 0 Å². The van der Waals surface area contributed by atoms with E-state index in [4.69, 9.17) is 4.99 Å². The molecule has 10 heteroatoms. The number of aliphatic imine (C=N–C) groups is 1. The van der Waals surface area contributed by atoms with Crippen molar-refractivity contribution in [2.45, 2.75) is 41.5 Å². The zero-order valence-corrected chi connectivity index (χ0v) is 15.7. The van der Waals surface area contributed by atoms with E-state index in [2.05, 4.69) is 46.4 Å². The van der Waals surface area contributed by atoms with Crippen molar-refractivity contribution in [3.63, 3.8) is 0 Å². The fraction of sp³-hybridized carbons (Fsp3) is 0.923. The van der Waals surface area contributed by atoms with Gasteiger partial charge in [0.1, 0.15) is 0 Å². The molecule has 0 rings (SSSR count). The van der Waals surface area contributed by atoms with Gasteiger partial charge in [-0.3, -0.25) is 4.48 Å². The normalized spacial score (nSPS) is 16.1. The molecule has 0 aromatic heterocycles. The Morgan fingerprint density at radius 3 is 1.26 bits per heavy atom. The van der Waals surface area contributed by atoms with Crippen LogP contribution in [0.3, 0.4) is 0 Å². The van der Waals surface area contributed by atoms with Gasteiger partial charge in [0.05, 0.1) is 19.6 Å². The molecule has 3 nitrogen and oxygen atoms in total. The summed E-state index contributed by atoms with van der Waals surface area (Å²) in [7, 11) is -10.7. The Morgan fingerprint density at radius 1 is 0.783 bits per heavy atom. The average molecular weight is 373 g/mol. The summed E-state index contributed by atoms with van der Waals surface area (Å²) in [5, 5.41) is 0. The molecule has 0 aliphatic heterocycles. The molecule has 0 radical (unpaired) electrons. The predicted molar refractivity (Wildman–Crippen MR) is 86.3 cm³/mol. The first-order chi connectivity index (χ1) is 10.1. The molecule has 144 valence electrons. The van der Waals surface area contributed by atoms with E-state index in [1.54, 1.807) is 0 Å². The van der Waals surface area contributed by atoms with Crippen molar-refractivity contribution < 1.29 is 29.7 Å². The van der Waals surface area contributed by atoms with Crippen LogP contribution < -0.4 is 0 Å². The van der Waals surface area contributed by atoms with Crippen molar-refractivity contribution in [1.82, 2.24) is 4.90 Å². The molecule has 0 saturated heterocycles. The van der Waals surface area contributed by atoms with Crippen LogP contribution in [-0.4, -0.2) is 54.6 Å². The quantitative estimate of drug-likeness (QED) is 0.184. The Morgan fingerprint density at radius 2 is 1.09 bits per heavy atom. The molecule has 0 aliphatic carbocycles. The molecule has 0 bridgehead atoms. The van der Waals surface area contributed by atoms with Crippen molar-refractivity contribution in [3.05, 3.63) is 0 Å². The van der Waals surface area contributed by atoms with Crippen molar-refractivity contribution in [1.29, 1.82) is 0 Å². The van der Waals surface area contributed by atoms with Crippen LogP contribution in [0.2, 0.25) is 0 Å². The number of rotatable bonds is 6. The van der Waals surface area contributed by atoms with Gasteiger partial charge in [0.25, 0.3) is 5.96 Å². The molecular formula is C13H30F6N3P. The van der Waals surface area contributed by atoms with Crippen LogP contribution >= 0.6 is 7.81 Å². The van der Waals surface area contributed by atoms with Gasteiger partial charge in [-0.05, 0) is 41.5 Å². The van der Waals surface area contributed by atoms with Gasteiger partial charge in [-0.25, -0.2) is 4.99 Å². The average Bonchev–Trinajstić information content (AvgIpc) is 2.39. The van der Waals surface area contributed by atoms with Gasteiger partial charge in [0.2, 0.25) is 0 Å². The van der Waals surface area contributed by atoms with Crippen LogP contribution in [0.4, 0.5) is 25.2 Å². The van der Waals surface area contributed by atoms with E-state index < -0.39 is 7.81 Å². The summed E-state index contributed by atoms with van der Waals surface area (Å²) in [5.74, 6) is 1.28. The number of hydrogen-bond donors (Lipinski definition) is 0. The summed E-state index contributed by atoms with van der Waals surface area (Å²) < 4.78 is 60.2. The first-order valence-corrected chi connectivity index (χ1v) is 9.85. The molecular weight excluding hydrogens is 343 g/mol. The van der Waals surface area contributed by atoms with Crippen molar-refractivity contribution in [2.75, 3.05) is 39.3 Å². The van der Waals surface area contributed by atoms with E-state index in [0.29, 0.717) is 0 Å². The fourth-order valence-corrected chi connectivity index (χ4v) is 2.29. The predicted octanol–water partition coefficient (Wildman–Crippen LogP) is 5.96. The minimum absolute atomic E-state index is 0.881. The topological polar surface area (TPSA) is 15.6 Å². The minimum atomic E-state index is -10.7. The molecule has 0 unspecified atom stereocenters. The second-order valence-electron chi connectivity index (χ2n) is 5.00. The fourth-order valence-electron chi connectivity index (χ4n) is 2.29. The Balaban J connectivity index is 0. The molecule has 0 heterocycles. The molecule has 0 atom stereocenters. The van der Waals surface area contributed by atoms with Crippen LogP contribution in [0.1, 0.15) is 41.5 Å². The Kier molecular flexibility index (Phi) is 8.60. The van der Waals surface area contributed by atoms with Crippen molar-refractivity contribution >= 4 is 13.8 Å². The molecule has 0 spiro atoms. The number of guanidine groups is 1. The standard InChI is InChI=1S/C13H30N3.F6P/c1-7-14-13(15(8-2)9-3)16(10-4,11-5)12-6;1-7(2,3,4,5)6/h7-12H2,1-6H3;/q+1;-1. The Bertz CT molecular complexity index is 352. The monoisotopic (exact) mass is 373 g/mol. The maximum atomic E-state index is 9.87. The number of nitrogens with zero attached hydrogens (tertiary/aromatic N) is 3. The summed E-state index contributed by atoms with van der Waals surface area (Å²) in [4.78, 5) is 7.17. The van der Waals surface area contributed by atoms with E-state index in [-0.39, 0.29) is 0 Å². The first-order valence-electron chi connectivity index (χ1n) is 7.83. The van der Waals surface area contributed by atoms with Gasteiger partial charge >= 0.3 is 33.0 Å². The van der Waals surface area contributed by atoms with E-state index in [1.165, 1.54) is 5.96 Å². The molecule has 0 aliphatic rings. The van der Waals surface area contributed by atoms with E-state index in [0.717, 1.165) is 43.8 Å². The van der Waals surface area contributed by atoms with Crippen LogP contribution in [0.25, 0.3) is 0 Å². The SMILES string of the molecule is CCN=C(N(CC)CC)[N+](CC)(CC)CC.F[P-](F)(F)(F)(F)F. The van der Waals surface area contributed by atoms with Gasteiger partial charge < -0.3 is 4.90 Å². The van der Waals surface area contributed by atoms with E-state index >= 15 is 0 Å². The van der Waals surface area contributed by atoms with Crippen LogP contribution in [0.15, 0.2) is 4.99 Å². The maximum absolute atomic E-state index is 10.7. The summed E-state index contributed by atoms with van der Waals surface area (Å²) in [6.07, 6.45) is 0. The summed E-state index contributed by atoms with van der Waals surface area (Å²) >= 11 is 0. The molecule has 0 aromatic carbocycles. The third-order valence-electron chi connectivity index (χ3n) is 3.59. The Hall–Kier alpha value is -0.560. The third-order valence-corrected chi connectivity index (χ3v) is 3.59. The second kappa shape index (κ2) is 8.01. The van der Waals surface area contributed by atoms with Gasteiger partial charge in [-0.1, -0.05) is 0 Å². The molecule has 0 fully saturated rings. The number of quaternary nitrogens is 1. The number of halogens is 6. The van der Waals surface area contributed by atoms with Crippen molar-refractivity contribution in [3.8, 4) is 0 Å². The van der Waals surface area contributed by atoms with Crippen LogP contribution in [0.5, 0.6) is 0 Å². The molecule has 0 N–H and O–H groups in total. The molecule has 0 aromatic rings. The van der Waals surface area contributed by atoms with E-state index in [1.807, 2.05) is 0 Å². The Labute approximate surface area is 135 Å². The van der Waals surface area contributed by atoms with Crippen LogP contribution in [-0.2, 0) is 0 Å². The first kappa shape index (κ1) is 24.7. The third kappa shape index (κ3) is 12.5. The number of hydrogen-bond acceptors (Lipinski definition) is 1. The molecule has 0 saturated carbocycles. The zero-order valence-electron chi connectivity index (χ0n) is 14.8. The summed E-state index contributed by atoms with van der Waals surface area (Å²) in [6.45, 7) is 19.7. The second-order valence-corrected chi connectivity index (χ2v) is 6.92. The zero-order chi connectivity index (χ0) is 19.0. The van der Waals surface area contributed by atoms with E-state index in [9.17, 15) is 25.2 Å². The van der Waals surface area contributed by atoms with Crippen molar-refractivity contribution in [2.24, 2.45) is 4.99 Å². The summed E-state index contributed by atoms with van der Waals surface area (Å²) in [5.41, 5.74) is 0. The van der Waals surface area contributed by atoms with Gasteiger partial charge in [-0.2, -0.15) is 0 Å². The molecule has 23 heavy (non-hydrogen) atoms. The summed E-state index contributed by atoms with van der Waals surface area (Å²) in [6, 6.07) is 0.